The molecule has 0 aliphatic carbocycles. The molecule has 2 aromatic carbocycles. The zero-order valence-corrected chi connectivity index (χ0v) is 24.0. The average Bonchev–Trinajstić information content (AvgIpc) is 3.66. The van der Waals surface area contributed by atoms with E-state index >= 15 is 0 Å². The highest BCUT2D eigenvalue weighted by Gasteiger charge is 2.25. The van der Waals surface area contributed by atoms with Gasteiger partial charge in [-0.3, -0.25) is 10.1 Å². The Morgan fingerprint density at radius 3 is 2.76 bits per heavy atom. The van der Waals surface area contributed by atoms with E-state index in [2.05, 4.69) is 44.2 Å². The standard InChI is InChI=1S/C30H32N8O4/c1-35(2)12-13-36(3)24-16-26(41-4)23(15-25(24)38(39)40)33-30-32-17-21(29-31-10-14-42-29)27(34-30)22-18-37-11-6-8-19-7-5-9-20(22)28(19)37/h5,7,9-10,14-18H,6,8,11-13H2,1-4H3,(H,32,33,34). The highest BCUT2D eigenvalue weighted by atomic mass is 16.6. The number of likely N-dealkylation sites (N-methyl/N-ethyl adjacent to an activating group) is 2. The van der Waals surface area contributed by atoms with Crippen molar-refractivity contribution in [3.63, 3.8) is 0 Å². The van der Waals surface area contributed by atoms with Crippen molar-refractivity contribution in [1.29, 1.82) is 0 Å². The molecule has 0 unspecified atom stereocenters. The van der Waals surface area contributed by atoms with E-state index in [1.807, 2.05) is 30.9 Å². The molecule has 0 atom stereocenters. The monoisotopic (exact) mass is 568 g/mol. The van der Waals surface area contributed by atoms with Crippen molar-refractivity contribution < 1.29 is 14.1 Å². The molecule has 0 fully saturated rings. The van der Waals surface area contributed by atoms with E-state index in [1.165, 1.54) is 30.5 Å². The number of nitro groups is 1. The van der Waals surface area contributed by atoms with E-state index in [0.717, 1.165) is 36.9 Å². The number of para-hydroxylation sites is 1. The summed E-state index contributed by atoms with van der Waals surface area (Å²) in [4.78, 5) is 29.4. The quantitative estimate of drug-likeness (QED) is 0.174. The molecule has 216 valence electrons. The van der Waals surface area contributed by atoms with Crippen molar-refractivity contribution >= 4 is 33.9 Å². The van der Waals surface area contributed by atoms with Gasteiger partial charge in [0, 0.05) is 62.2 Å². The largest absolute Gasteiger partial charge is 0.494 e. The van der Waals surface area contributed by atoms with Gasteiger partial charge in [-0.1, -0.05) is 18.2 Å². The molecule has 0 saturated carbocycles. The molecule has 6 rings (SSSR count). The minimum Gasteiger partial charge on any atom is -0.494 e. The molecule has 1 N–H and O–H groups in total. The van der Waals surface area contributed by atoms with Crippen molar-refractivity contribution in [2.45, 2.75) is 19.4 Å². The third-order valence-electron chi connectivity index (χ3n) is 7.57. The average molecular weight is 569 g/mol. The van der Waals surface area contributed by atoms with Gasteiger partial charge in [-0.2, -0.15) is 0 Å². The van der Waals surface area contributed by atoms with Gasteiger partial charge in [0.2, 0.25) is 11.8 Å². The summed E-state index contributed by atoms with van der Waals surface area (Å²) in [5.41, 5.74) is 5.52. The van der Waals surface area contributed by atoms with Crippen LogP contribution in [0.4, 0.5) is 23.0 Å². The van der Waals surface area contributed by atoms with Gasteiger partial charge in [0.15, 0.2) is 0 Å². The van der Waals surface area contributed by atoms with Crippen LogP contribution in [0.2, 0.25) is 0 Å². The molecule has 42 heavy (non-hydrogen) atoms. The number of nitrogens with zero attached hydrogens (tertiary/aromatic N) is 7. The number of hydrogen-bond donors (Lipinski definition) is 1. The number of nitro benzene ring substituents is 1. The summed E-state index contributed by atoms with van der Waals surface area (Å²) in [7, 11) is 7.28. The zero-order valence-electron chi connectivity index (χ0n) is 24.0. The third-order valence-corrected chi connectivity index (χ3v) is 7.57. The van der Waals surface area contributed by atoms with Crippen LogP contribution in [-0.4, -0.2) is 70.7 Å². The molecule has 0 bridgehead atoms. The number of methoxy groups -OCH3 is 1. The van der Waals surface area contributed by atoms with Gasteiger partial charge in [-0.25, -0.2) is 15.0 Å². The Labute approximate surface area is 242 Å². The van der Waals surface area contributed by atoms with Crippen LogP contribution in [0.5, 0.6) is 5.75 Å². The number of benzene rings is 2. The number of aryl methyl sites for hydroxylation is 2. The Bertz CT molecular complexity index is 1760. The fourth-order valence-corrected chi connectivity index (χ4v) is 5.47. The van der Waals surface area contributed by atoms with Crippen molar-refractivity contribution in [3.05, 3.63) is 70.9 Å². The summed E-state index contributed by atoms with van der Waals surface area (Å²) >= 11 is 0. The van der Waals surface area contributed by atoms with E-state index in [4.69, 9.17) is 14.1 Å². The summed E-state index contributed by atoms with van der Waals surface area (Å²) in [5.74, 6) is 1.09. The highest BCUT2D eigenvalue weighted by molar-refractivity contribution is 6.00. The summed E-state index contributed by atoms with van der Waals surface area (Å²) in [6.45, 7) is 2.27. The molecule has 5 aromatic rings. The Kier molecular flexibility index (Phi) is 7.21. The Morgan fingerprint density at radius 1 is 1.17 bits per heavy atom. The molecule has 0 saturated heterocycles. The van der Waals surface area contributed by atoms with Gasteiger partial charge in [0.05, 0.1) is 40.7 Å². The Morgan fingerprint density at radius 2 is 2.02 bits per heavy atom. The van der Waals surface area contributed by atoms with Crippen LogP contribution >= 0.6 is 0 Å². The number of ether oxygens (including phenoxy) is 1. The highest BCUT2D eigenvalue weighted by Crippen LogP contribution is 2.41. The van der Waals surface area contributed by atoms with Gasteiger partial charge in [-0.15, -0.1) is 0 Å². The van der Waals surface area contributed by atoms with Crippen LogP contribution < -0.4 is 15.0 Å². The Hall–Kier alpha value is -4.97. The third kappa shape index (κ3) is 5.00. The first kappa shape index (κ1) is 27.2. The van der Waals surface area contributed by atoms with Gasteiger partial charge >= 0.3 is 0 Å². The summed E-state index contributed by atoms with van der Waals surface area (Å²) in [6.07, 6.45) is 8.98. The molecular formula is C30H32N8O4. The number of hydrogen-bond acceptors (Lipinski definition) is 10. The number of anilines is 3. The molecule has 4 heterocycles. The number of nitrogens with one attached hydrogen (secondary N) is 1. The van der Waals surface area contributed by atoms with Gasteiger partial charge in [0.25, 0.3) is 5.69 Å². The lowest BCUT2D eigenvalue weighted by atomic mass is 10.0. The molecule has 3 aromatic heterocycles. The lowest BCUT2D eigenvalue weighted by Crippen LogP contribution is -2.28. The maximum absolute atomic E-state index is 12.1. The van der Waals surface area contributed by atoms with Crippen LogP contribution in [0.25, 0.3) is 33.6 Å². The summed E-state index contributed by atoms with van der Waals surface area (Å²) in [5, 5.41) is 16.4. The van der Waals surface area contributed by atoms with Crippen LogP contribution in [0.3, 0.4) is 0 Å². The van der Waals surface area contributed by atoms with E-state index in [0.29, 0.717) is 40.8 Å². The number of rotatable bonds is 10. The SMILES string of the molecule is COc1cc(N(C)CCN(C)C)c([N+](=O)[O-])cc1Nc1ncc(-c2ncco2)c(-c2cn3c4c(cccc24)CCC3)n1. The van der Waals surface area contributed by atoms with Crippen LogP contribution in [0, 0.1) is 10.1 Å². The van der Waals surface area contributed by atoms with E-state index < -0.39 is 4.92 Å². The molecule has 1 aliphatic heterocycles. The molecule has 0 spiro atoms. The van der Waals surface area contributed by atoms with Crippen LogP contribution in [0.1, 0.15) is 12.0 Å². The maximum atomic E-state index is 12.1. The fraction of sp³-hybridized carbons (Fsp3) is 0.300. The predicted molar refractivity (Wildman–Crippen MR) is 162 cm³/mol. The second kappa shape index (κ2) is 11.1. The number of aromatic nitrogens is 4. The topological polar surface area (TPSA) is 128 Å². The van der Waals surface area contributed by atoms with E-state index in [9.17, 15) is 10.1 Å². The summed E-state index contributed by atoms with van der Waals surface area (Å²) in [6, 6.07) is 9.48. The van der Waals surface area contributed by atoms with E-state index in [1.54, 1.807) is 18.5 Å². The van der Waals surface area contributed by atoms with Gasteiger partial charge in [0.1, 0.15) is 17.7 Å². The minimum atomic E-state index is -0.391. The van der Waals surface area contributed by atoms with Crippen molar-refractivity contribution in [3.8, 4) is 28.5 Å². The normalized spacial score (nSPS) is 12.6. The number of oxazole rings is 1. The molecule has 0 radical (unpaired) electrons. The first-order valence-corrected chi connectivity index (χ1v) is 13.7. The maximum Gasteiger partial charge on any atom is 0.294 e. The van der Waals surface area contributed by atoms with Crippen LogP contribution in [0.15, 0.2) is 59.6 Å². The molecule has 1 aliphatic rings. The molecule has 12 heteroatoms. The van der Waals surface area contributed by atoms with Crippen molar-refractivity contribution in [2.75, 3.05) is 51.6 Å². The van der Waals surface area contributed by atoms with Crippen LogP contribution in [-0.2, 0) is 13.0 Å². The first-order chi connectivity index (χ1) is 20.3. The van der Waals surface area contributed by atoms with Crippen molar-refractivity contribution in [2.24, 2.45) is 0 Å². The van der Waals surface area contributed by atoms with E-state index in [-0.39, 0.29) is 11.6 Å². The second-order valence-corrected chi connectivity index (χ2v) is 10.6. The lowest BCUT2D eigenvalue weighted by molar-refractivity contribution is -0.384. The van der Waals surface area contributed by atoms with Gasteiger partial charge < -0.3 is 28.8 Å². The minimum absolute atomic E-state index is 0.0508. The fourth-order valence-electron chi connectivity index (χ4n) is 5.47. The second-order valence-electron chi connectivity index (χ2n) is 10.6. The molecule has 12 nitrogen and oxygen atoms in total. The van der Waals surface area contributed by atoms with Gasteiger partial charge in [-0.05, 0) is 32.5 Å². The lowest BCUT2D eigenvalue weighted by Gasteiger charge is -2.22. The predicted octanol–water partition coefficient (Wildman–Crippen LogP) is 5.36. The smallest absolute Gasteiger partial charge is 0.294 e. The van der Waals surface area contributed by atoms with Crippen molar-refractivity contribution in [1.82, 2.24) is 24.4 Å². The molecular weight excluding hydrogens is 536 g/mol. The first-order valence-electron chi connectivity index (χ1n) is 13.7. The molecule has 0 amide bonds. The zero-order chi connectivity index (χ0) is 29.4. The Balaban J connectivity index is 1.44. The summed E-state index contributed by atoms with van der Waals surface area (Å²) < 4.78 is 13.6.